The van der Waals surface area contributed by atoms with Gasteiger partial charge in [0.2, 0.25) is 0 Å². The maximum Gasteiger partial charge on any atom is 0.573 e. The van der Waals surface area contributed by atoms with Crippen molar-refractivity contribution in [3.05, 3.63) is 65.0 Å². The van der Waals surface area contributed by atoms with Gasteiger partial charge in [-0.3, -0.25) is 4.79 Å². The molecule has 0 N–H and O–H groups in total. The van der Waals surface area contributed by atoms with E-state index in [0.717, 1.165) is 18.2 Å². The first-order valence-electron chi connectivity index (χ1n) is 5.93. The summed E-state index contributed by atoms with van der Waals surface area (Å²) in [5, 5.41) is 0. The summed E-state index contributed by atoms with van der Waals surface area (Å²) in [6.07, 6.45) is -4.79. The van der Waals surface area contributed by atoms with Crippen molar-refractivity contribution >= 4 is 5.78 Å². The van der Waals surface area contributed by atoms with Crippen molar-refractivity contribution in [2.24, 2.45) is 0 Å². The molecule has 2 aromatic carbocycles. The van der Waals surface area contributed by atoms with E-state index in [4.69, 9.17) is 0 Å². The van der Waals surface area contributed by atoms with Gasteiger partial charge in [0.1, 0.15) is 11.6 Å². The minimum Gasteiger partial charge on any atom is -0.406 e. The van der Waals surface area contributed by atoms with E-state index in [2.05, 4.69) is 4.74 Å². The Morgan fingerprint density at radius 3 is 2.10 bits per heavy atom. The third kappa shape index (κ3) is 3.81. The number of carbonyl (C=O) groups is 1. The number of ketones is 1. The van der Waals surface area contributed by atoms with Crippen molar-refractivity contribution in [3.63, 3.8) is 0 Å². The predicted octanol–water partition coefficient (Wildman–Crippen LogP) is 4.26. The molecule has 0 aliphatic rings. The molecule has 2 aromatic rings. The van der Waals surface area contributed by atoms with Crippen LogP contribution < -0.4 is 4.74 Å². The van der Waals surface area contributed by atoms with Crippen LogP contribution in [0.1, 0.15) is 21.5 Å². The van der Waals surface area contributed by atoms with E-state index >= 15 is 0 Å². The Balaban J connectivity index is 2.22. The lowest BCUT2D eigenvalue weighted by Gasteiger charge is -2.09. The molecule has 0 aromatic heterocycles. The molecule has 0 radical (unpaired) electrons. The monoisotopic (exact) mass is 298 g/mol. The largest absolute Gasteiger partial charge is 0.573 e. The van der Waals surface area contributed by atoms with E-state index in [1.165, 1.54) is 24.3 Å². The molecule has 0 bridgehead atoms. The summed E-state index contributed by atoms with van der Waals surface area (Å²) in [5.41, 5.74) is 0.677. The van der Waals surface area contributed by atoms with E-state index in [9.17, 15) is 22.4 Å². The molecule has 110 valence electrons. The van der Waals surface area contributed by atoms with Crippen LogP contribution in [0, 0.1) is 12.7 Å². The van der Waals surface area contributed by atoms with Crippen LogP contribution in [0.2, 0.25) is 0 Å². The van der Waals surface area contributed by atoms with E-state index in [0.29, 0.717) is 5.56 Å². The molecular weight excluding hydrogens is 288 g/mol. The zero-order valence-electron chi connectivity index (χ0n) is 10.9. The van der Waals surface area contributed by atoms with Crippen molar-refractivity contribution in [2.75, 3.05) is 0 Å². The maximum absolute atomic E-state index is 13.4. The summed E-state index contributed by atoms with van der Waals surface area (Å²) in [7, 11) is 0. The zero-order chi connectivity index (χ0) is 15.6. The molecule has 0 unspecified atom stereocenters. The number of hydrogen-bond donors (Lipinski definition) is 0. The molecule has 21 heavy (non-hydrogen) atoms. The van der Waals surface area contributed by atoms with Gasteiger partial charge in [-0.1, -0.05) is 12.1 Å². The van der Waals surface area contributed by atoms with Crippen molar-refractivity contribution in [1.29, 1.82) is 0 Å². The summed E-state index contributed by atoms with van der Waals surface area (Å²) in [6.45, 7) is 1.56. The van der Waals surface area contributed by atoms with Gasteiger partial charge < -0.3 is 4.74 Å². The molecule has 2 rings (SSSR count). The van der Waals surface area contributed by atoms with E-state index in [1.807, 2.05) is 0 Å². The van der Waals surface area contributed by atoms with Gasteiger partial charge >= 0.3 is 6.36 Å². The Bertz CT molecular complexity index is 660. The maximum atomic E-state index is 13.4. The number of rotatable bonds is 3. The molecule has 2 nitrogen and oxygen atoms in total. The Morgan fingerprint density at radius 2 is 1.57 bits per heavy atom. The first-order chi connectivity index (χ1) is 9.76. The third-order valence-corrected chi connectivity index (χ3v) is 2.78. The lowest BCUT2D eigenvalue weighted by Crippen LogP contribution is -2.17. The summed E-state index contributed by atoms with van der Waals surface area (Å²) >= 11 is 0. The van der Waals surface area contributed by atoms with E-state index in [1.54, 1.807) is 6.92 Å². The van der Waals surface area contributed by atoms with Crippen LogP contribution in [0.5, 0.6) is 5.75 Å². The van der Waals surface area contributed by atoms with Crippen molar-refractivity contribution in [3.8, 4) is 5.75 Å². The number of benzene rings is 2. The minimum atomic E-state index is -4.79. The molecule has 6 heteroatoms. The topological polar surface area (TPSA) is 26.3 Å². The van der Waals surface area contributed by atoms with Gasteiger partial charge in [0.15, 0.2) is 5.78 Å². The normalized spacial score (nSPS) is 11.3. The molecule has 0 saturated heterocycles. The minimum absolute atomic E-state index is 0.127. The van der Waals surface area contributed by atoms with Crippen LogP contribution in [0.4, 0.5) is 17.6 Å². The van der Waals surface area contributed by atoms with Gasteiger partial charge in [0.05, 0.1) is 0 Å². The van der Waals surface area contributed by atoms with Crippen LogP contribution >= 0.6 is 0 Å². The number of halogens is 4. The van der Waals surface area contributed by atoms with Gasteiger partial charge in [0.25, 0.3) is 0 Å². The van der Waals surface area contributed by atoms with Crippen molar-refractivity contribution in [1.82, 2.24) is 0 Å². The highest BCUT2D eigenvalue weighted by molar-refractivity contribution is 6.09. The highest BCUT2D eigenvalue weighted by Crippen LogP contribution is 2.23. The van der Waals surface area contributed by atoms with Crippen LogP contribution in [-0.4, -0.2) is 12.1 Å². The fourth-order valence-electron chi connectivity index (χ4n) is 1.71. The van der Waals surface area contributed by atoms with E-state index in [-0.39, 0.29) is 11.1 Å². The highest BCUT2D eigenvalue weighted by atomic mass is 19.4. The molecule has 0 spiro atoms. The molecule has 0 aliphatic heterocycles. The second kappa shape index (κ2) is 5.55. The average Bonchev–Trinajstić information content (AvgIpc) is 2.40. The third-order valence-electron chi connectivity index (χ3n) is 2.78. The Kier molecular flexibility index (Phi) is 3.97. The Labute approximate surface area is 118 Å². The number of hydrogen-bond acceptors (Lipinski definition) is 2. The van der Waals surface area contributed by atoms with Crippen LogP contribution in [0.3, 0.4) is 0 Å². The lowest BCUT2D eigenvalue weighted by atomic mass is 10.0. The summed E-state index contributed by atoms with van der Waals surface area (Å²) in [4.78, 5) is 12.1. The standard InChI is InChI=1S/C15H10F4O2/c1-9-2-3-11(8-13(9)16)14(20)10-4-6-12(7-5-10)21-15(17,18)19/h2-8H,1H3. The molecule has 0 heterocycles. The SMILES string of the molecule is Cc1ccc(C(=O)c2ccc(OC(F)(F)F)cc2)cc1F. The van der Waals surface area contributed by atoms with Crippen LogP contribution in [0.15, 0.2) is 42.5 Å². The van der Waals surface area contributed by atoms with Gasteiger partial charge in [-0.15, -0.1) is 13.2 Å². The Hall–Kier alpha value is -2.37. The summed E-state index contributed by atoms with van der Waals surface area (Å²) in [5.74, 6) is -1.42. The molecule has 0 aliphatic carbocycles. The first kappa shape index (κ1) is 15.0. The number of ether oxygens (including phenoxy) is 1. The fraction of sp³-hybridized carbons (Fsp3) is 0.133. The molecule has 0 saturated carbocycles. The number of aryl methyl sites for hydroxylation is 1. The van der Waals surface area contributed by atoms with Gasteiger partial charge in [-0.05, 0) is 42.8 Å². The van der Waals surface area contributed by atoms with Gasteiger partial charge in [-0.2, -0.15) is 0 Å². The predicted molar refractivity (Wildman–Crippen MR) is 67.7 cm³/mol. The fourth-order valence-corrected chi connectivity index (χ4v) is 1.71. The van der Waals surface area contributed by atoms with E-state index < -0.39 is 23.7 Å². The summed E-state index contributed by atoms with van der Waals surface area (Å²) < 4.78 is 53.2. The molecule has 0 fully saturated rings. The van der Waals surface area contributed by atoms with Crippen molar-refractivity contribution < 1.29 is 27.1 Å². The van der Waals surface area contributed by atoms with Gasteiger partial charge in [-0.25, -0.2) is 4.39 Å². The molecule has 0 amide bonds. The first-order valence-corrected chi connectivity index (χ1v) is 5.93. The molecule has 0 atom stereocenters. The average molecular weight is 298 g/mol. The summed E-state index contributed by atoms with van der Waals surface area (Å²) in [6, 6.07) is 8.47. The highest BCUT2D eigenvalue weighted by Gasteiger charge is 2.31. The zero-order valence-corrected chi connectivity index (χ0v) is 10.9. The second-order valence-electron chi connectivity index (χ2n) is 4.37. The smallest absolute Gasteiger partial charge is 0.406 e. The van der Waals surface area contributed by atoms with Gasteiger partial charge in [0, 0.05) is 11.1 Å². The van der Waals surface area contributed by atoms with Crippen LogP contribution in [-0.2, 0) is 0 Å². The Morgan fingerprint density at radius 1 is 1.00 bits per heavy atom. The van der Waals surface area contributed by atoms with Crippen LogP contribution in [0.25, 0.3) is 0 Å². The number of alkyl halides is 3. The molecular formula is C15H10F4O2. The van der Waals surface area contributed by atoms with Crippen molar-refractivity contribution in [2.45, 2.75) is 13.3 Å². The quantitative estimate of drug-likeness (QED) is 0.625. The lowest BCUT2D eigenvalue weighted by molar-refractivity contribution is -0.274. The second-order valence-corrected chi connectivity index (χ2v) is 4.37. The number of carbonyl (C=O) groups excluding carboxylic acids is 1.